The fraction of sp³-hybridized carbons (Fsp3) is 0.234. The van der Waals surface area contributed by atoms with Gasteiger partial charge in [-0.1, -0.05) is 155 Å². The summed E-state index contributed by atoms with van der Waals surface area (Å²) in [5, 5.41) is 4.22. The first-order valence-corrected chi connectivity index (χ1v) is 24.3. The third-order valence-electron chi connectivity index (χ3n) is 9.65. The first kappa shape index (κ1) is 43.5. The molecule has 7 aromatic rings. The van der Waals surface area contributed by atoms with Crippen LogP contribution in [0.25, 0.3) is 43.8 Å². The molecule has 0 bridgehead atoms. The first-order valence-electron chi connectivity index (χ1n) is 18.0. The molecule has 0 atom stereocenters. The van der Waals surface area contributed by atoms with Gasteiger partial charge in [-0.25, -0.2) is 0 Å². The van der Waals surface area contributed by atoms with Crippen LogP contribution in [0.2, 0.25) is 0 Å². The molecule has 0 heterocycles. The number of hydrogen-bond donors (Lipinski definition) is 0. The third kappa shape index (κ3) is 10.8. The van der Waals surface area contributed by atoms with Gasteiger partial charge < -0.3 is 0 Å². The fourth-order valence-corrected chi connectivity index (χ4v) is 6.62. The van der Waals surface area contributed by atoms with E-state index in [0.29, 0.717) is 5.56 Å². The molecule has 9 heteroatoms. The molecule has 0 unspecified atom stereocenters. The van der Waals surface area contributed by atoms with Crippen LogP contribution in [0, 0.1) is 0 Å². The van der Waals surface area contributed by atoms with Gasteiger partial charge in [0.05, 0.1) is 0 Å². The van der Waals surface area contributed by atoms with Crippen molar-refractivity contribution in [3.8, 4) is 22.3 Å². The van der Waals surface area contributed by atoms with E-state index in [4.69, 9.17) is 17.0 Å². The van der Waals surface area contributed by atoms with E-state index >= 15 is 0 Å². The molecule has 0 spiro atoms. The molecule has 0 saturated carbocycles. The van der Waals surface area contributed by atoms with Gasteiger partial charge in [0.15, 0.2) is 0 Å². The van der Waals surface area contributed by atoms with Gasteiger partial charge in [0.2, 0.25) is 0 Å². The Morgan fingerprint density at radius 2 is 1.00 bits per heavy atom. The van der Waals surface area contributed by atoms with Crippen molar-refractivity contribution < 1.29 is 47.2 Å². The van der Waals surface area contributed by atoms with Crippen molar-refractivity contribution in [2.24, 2.45) is 0 Å². The molecule has 0 aliphatic carbocycles. The molecule has 0 amide bonds. The minimum atomic E-state index is -4.85. The van der Waals surface area contributed by atoms with Crippen molar-refractivity contribution in [3.63, 3.8) is 0 Å². The standard InChI is InChI=1S/C30H33.C17H9F6.2ClH.Zr/c1-29(2,3)24-17-23(18-25(20-24)30(4,5)6)27-19-22-14-10-11-15-26(22)28(27)16-21-12-8-7-9-13-21;18-16(19,20)14-7-13(8-15(9-14)17(21,22)23)12-5-10-3-1-2-4-11(10)6-12;;;/h7-15,17-20H,16H2,1-6H3;1-9H;2*1H;/q2*-1;;;+4/p-2. The van der Waals surface area contributed by atoms with Crippen molar-refractivity contribution in [1.29, 1.82) is 0 Å². The van der Waals surface area contributed by atoms with Crippen LogP contribution in [0.4, 0.5) is 26.3 Å². The minimum absolute atomic E-state index is 0.108. The van der Waals surface area contributed by atoms with E-state index in [1.807, 2.05) is 0 Å². The molecule has 0 nitrogen and oxygen atoms in total. The molecule has 0 saturated heterocycles. The van der Waals surface area contributed by atoms with Crippen LogP contribution in [0.1, 0.15) is 74.9 Å². The molecule has 290 valence electrons. The van der Waals surface area contributed by atoms with Gasteiger partial charge in [0.25, 0.3) is 0 Å². The molecule has 7 aromatic carbocycles. The molecule has 7 rings (SSSR count). The van der Waals surface area contributed by atoms with Gasteiger partial charge in [-0.05, 0) is 34.4 Å². The summed E-state index contributed by atoms with van der Waals surface area (Å²) >= 11 is -0.826. The molecule has 0 fully saturated rings. The van der Waals surface area contributed by atoms with Gasteiger partial charge in [0, 0.05) is 11.1 Å². The van der Waals surface area contributed by atoms with Crippen LogP contribution in [-0.4, -0.2) is 0 Å². The number of rotatable bonds is 4. The van der Waals surface area contributed by atoms with Crippen molar-refractivity contribution >= 4 is 38.6 Å². The summed E-state index contributed by atoms with van der Waals surface area (Å²) in [4.78, 5) is 0. The van der Waals surface area contributed by atoms with Crippen molar-refractivity contribution in [3.05, 3.63) is 167 Å². The second-order valence-electron chi connectivity index (χ2n) is 15.8. The maximum absolute atomic E-state index is 12.9. The SMILES string of the molecule is CC(C)(C)c1cc(-c2cc3ccccc3[c-]2Cc2ccccc2)cc(C(C)(C)C)c1.FC(F)(F)c1cc(-c2cc3ccccc3[cH-]2)cc(C(F)(F)F)c1.[Cl][Zr+2][Cl]. The van der Waals surface area contributed by atoms with Crippen LogP contribution < -0.4 is 0 Å². The van der Waals surface area contributed by atoms with Crippen molar-refractivity contribution in [2.75, 3.05) is 0 Å². The Bertz CT molecular complexity index is 2290. The molecular weight excluding hydrogens is 841 g/mol. The Labute approximate surface area is 343 Å². The Balaban J connectivity index is 0.000000206. The summed E-state index contributed by atoms with van der Waals surface area (Å²) in [5.41, 5.74) is 6.13. The number of halogens is 8. The van der Waals surface area contributed by atoms with Gasteiger partial charge in [-0.3, -0.25) is 0 Å². The van der Waals surface area contributed by atoms with Gasteiger partial charge in [-0.15, -0.1) is 68.6 Å². The zero-order chi connectivity index (χ0) is 41.1. The average Bonchev–Trinajstić information content (AvgIpc) is 3.73. The quantitative estimate of drug-likeness (QED) is 0.122. The second kappa shape index (κ2) is 17.5. The summed E-state index contributed by atoms with van der Waals surface area (Å²) in [7, 11) is 9.87. The summed E-state index contributed by atoms with van der Waals surface area (Å²) < 4.78 is 77.3. The topological polar surface area (TPSA) is 0 Å². The van der Waals surface area contributed by atoms with Crippen molar-refractivity contribution in [1.82, 2.24) is 0 Å². The first-order chi connectivity index (χ1) is 26.2. The van der Waals surface area contributed by atoms with E-state index in [-0.39, 0.29) is 22.5 Å². The van der Waals surface area contributed by atoms with Crippen LogP contribution >= 0.6 is 17.0 Å². The number of alkyl halides is 6. The van der Waals surface area contributed by atoms with E-state index in [9.17, 15) is 26.3 Å². The molecule has 56 heavy (non-hydrogen) atoms. The van der Waals surface area contributed by atoms with E-state index in [1.165, 1.54) is 44.2 Å². The van der Waals surface area contributed by atoms with E-state index < -0.39 is 44.3 Å². The average molecular weight is 883 g/mol. The van der Waals surface area contributed by atoms with E-state index in [1.54, 1.807) is 36.4 Å². The van der Waals surface area contributed by atoms with E-state index in [2.05, 4.69) is 120 Å². The number of hydrogen-bond acceptors (Lipinski definition) is 0. The fourth-order valence-electron chi connectivity index (χ4n) is 6.62. The Hall–Kier alpha value is -3.64. The normalized spacial score (nSPS) is 12.1. The van der Waals surface area contributed by atoms with Gasteiger partial charge in [-0.2, -0.15) is 26.3 Å². The summed E-state index contributed by atoms with van der Waals surface area (Å²) in [6, 6.07) is 41.0. The zero-order valence-corrected chi connectivity index (χ0v) is 35.9. The van der Waals surface area contributed by atoms with Crippen LogP contribution in [0.15, 0.2) is 133 Å². The maximum atomic E-state index is 12.9. The molecular formula is C47H42Cl2F6Zr. The monoisotopic (exact) mass is 880 g/mol. The summed E-state index contributed by atoms with van der Waals surface area (Å²) in [5.74, 6) is 0. The van der Waals surface area contributed by atoms with Gasteiger partial charge >= 0.3 is 50.2 Å². The predicted octanol–water partition coefficient (Wildman–Crippen LogP) is 16.1. The Kier molecular flexibility index (Phi) is 13.6. The Morgan fingerprint density at radius 1 is 0.536 bits per heavy atom. The molecule has 0 aromatic heterocycles. The molecule has 0 radical (unpaired) electrons. The molecule has 0 aliphatic heterocycles. The molecule has 0 aliphatic rings. The number of benzene rings is 5. The van der Waals surface area contributed by atoms with Crippen molar-refractivity contribution in [2.45, 2.75) is 71.1 Å². The zero-order valence-electron chi connectivity index (χ0n) is 31.9. The van der Waals surface area contributed by atoms with Crippen LogP contribution in [0.3, 0.4) is 0 Å². The molecule has 0 N–H and O–H groups in total. The van der Waals surface area contributed by atoms with Gasteiger partial charge in [0.1, 0.15) is 0 Å². The third-order valence-corrected chi connectivity index (χ3v) is 9.65. The Morgan fingerprint density at radius 3 is 1.52 bits per heavy atom. The van der Waals surface area contributed by atoms with E-state index in [0.717, 1.165) is 29.3 Å². The number of fused-ring (bicyclic) bond motifs is 2. The summed E-state index contributed by atoms with van der Waals surface area (Å²) in [6.07, 6.45) is -8.74. The van der Waals surface area contributed by atoms with Crippen LogP contribution in [0.5, 0.6) is 0 Å². The second-order valence-corrected chi connectivity index (χ2v) is 19.6. The predicted molar refractivity (Wildman–Crippen MR) is 218 cm³/mol. The van der Waals surface area contributed by atoms with Crippen LogP contribution in [-0.2, 0) is 50.5 Å². The summed E-state index contributed by atoms with van der Waals surface area (Å²) in [6.45, 7) is 13.9.